The number of para-hydroxylation sites is 1. The normalized spacial score (nSPS) is 17.3. The first-order chi connectivity index (χ1) is 10.2. The topological polar surface area (TPSA) is 49.4 Å². The zero-order valence-corrected chi connectivity index (χ0v) is 13.3. The SMILES string of the molecule is CCCC.CCCCC1C(=O)NN(c2ccccc2)C1=O. The average Bonchev–Trinajstić information content (AvgIpc) is 2.81. The molecule has 2 rings (SSSR count). The van der Waals surface area contributed by atoms with Crippen LogP contribution in [0.1, 0.15) is 52.9 Å². The fourth-order valence-corrected chi connectivity index (χ4v) is 1.94. The van der Waals surface area contributed by atoms with Crippen molar-refractivity contribution < 1.29 is 9.59 Å². The molecule has 0 saturated carbocycles. The maximum absolute atomic E-state index is 12.1. The summed E-state index contributed by atoms with van der Waals surface area (Å²) in [5, 5.41) is 1.35. The smallest absolute Gasteiger partial charge is 0.258 e. The van der Waals surface area contributed by atoms with Gasteiger partial charge in [-0.3, -0.25) is 15.0 Å². The van der Waals surface area contributed by atoms with Crippen molar-refractivity contribution in [1.82, 2.24) is 5.43 Å². The highest BCUT2D eigenvalue weighted by molar-refractivity contribution is 6.14. The molecule has 4 nitrogen and oxygen atoms in total. The Hall–Kier alpha value is -1.84. The van der Waals surface area contributed by atoms with Gasteiger partial charge in [0.25, 0.3) is 11.8 Å². The van der Waals surface area contributed by atoms with Crippen LogP contribution in [0.15, 0.2) is 30.3 Å². The lowest BCUT2D eigenvalue weighted by molar-refractivity contribution is -0.127. The standard InChI is InChI=1S/C13H16N2O2.C4H10/c1-2-3-9-11-12(16)14-15(13(11)17)10-7-5-4-6-8-10;1-3-4-2/h4-8,11H,2-3,9H2,1H3,(H,14,16);3-4H2,1-2H3. The van der Waals surface area contributed by atoms with E-state index in [1.54, 1.807) is 12.1 Å². The molecule has 116 valence electrons. The molecule has 21 heavy (non-hydrogen) atoms. The molecule has 1 unspecified atom stereocenters. The number of amides is 2. The van der Waals surface area contributed by atoms with E-state index in [2.05, 4.69) is 19.3 Å². The van der Waals surface area contributed by atoms with Crippen LogP contribution in [0.4, 0.5) is 5.69 Å². The number of hydrazine groups is 1. The number of rotatable bonds is 5. The van der Waals surface area contributed by atoms with Gasteiger partial charge in [-0.2, -0.15) is 0 Å². The van der Waals surface area contributed by atoms with E-state index in [1.165, 1.54) is 17.9 Å². The van der Waals surface area contributed by atoms with Crippen molar-refractivity contribution in [2.45, 2.75) is 52.9 Å². The van der Waals surface area contributed by atoms with Crippen LogP contribution in [0, 0.1) is 5.92 Å². The number of hydrogen-bond acceptors (Lipinski definition) is 2. The molecule has 1 aliphatic heterocycles. The number of carbonyl (C=O) groups is 2. The fraction of sp³-hybridized carbons (Fsp3) is 0.529. The quantitative estimate of drug-likeness (QED) is 0.841. The monoisotopic (exact) mass is 290 g/mol. The van der Waals surface area contributed by atoms with E-state index in [4.69, 9.17) is 0 Å². The molecular formula is C17H26N2O2. The highest BCUT2D eigenvalue weighted by Crippen LogP contribution is 2.22. The van der Waals surface area contributed by atoms with Crippen molar-refractivity contribution in [1.29, 1.82) is 0 Å². The molecule has 1 aromatic carbocycles. The summed E-state index contributed by atoms with van der Waals surface area (Å²) in [6.07, 6.45) is 5.15. The third-order valence-electron chi connectivity index (χ3n) is 3.42. The van der Waals surface area contributed by atoms with Crippen molar-refractivity contribution in [2.24, 2.45) is 5.92 Å². The van der Waals surface area contributed by atoms with Gasteiger partial charge in [0.2, 0.25) is 0 Å². The van der Waals surface area contributed by atoms with E-state index >= 15 is 0 Å². The summed E-state index contributed by atoms with van der Waals surface area (Å²) in [6, 6.07) is 9.17. The minimum absolute atomic E-state index is 0.144. The molecule has 0 bridgehead atoms. The third-order valence-corrected chi connectivity index (χ3v) is 3.42. The molecule has 0 aliphatic carbocycles. The Morgan fingerprint density at radius 1 is 1.00 bits per heavy atom. The average molecular weight is 290 g/mol. The zero-order valence-electron chi connectivity index (χ0n) is 13.3. The van der Waals surface area contributed by atoms with Crippen LogP contribution in [-0.4, -0.2) is 11.8 Å². The Morgan fingerprint density at radius 2 is 1.62 bits per heavy atom. The van der Waals surface area contributed by atoms with E-state index in [1.807, 2.05) is 25.1 Å². The van der Waals surface area contributed by atoms with Gasteiger partial charge in [-0.25, -0.2) is 5.01 Å². The molecule has 0 spiro atoms. The number of nitrogens with zero attached hydrogens (tertiary/aromatic N) is 1. The fourth-order valence-electron chi connectivity index (χ4n) is 1.94. The molecule has 1 N–H and O–H groups in total. The van der Waals surface area contributed by atoms with Gasteiger partial charge < -0.3 is 0 Å². The second-order valence-electron chi connectivity index (χ2n) is 5.18. The summed E-state index contributed by atoms with van der Waals surface area (Å²) >= 11 is 0. The van der Waals surface area contributed by atoms with E-state index < -0.39 is 5.92 Å². The Kier molecular flexibility index (Phi) is 7.51. The Bertz CT molecular complexity index is 443. The molecule has 1 saturated heterocycles. The maximum Gasteiger partial charge on any atom is 0.258 e. The molecule has 1 atom stereocenters. The van der Waals surface area contributed by atoms with E-state index in [0.29, 0.717) is 12.1 Å². The molecule has 1 fully saturated rings. The summed E-state index contributed by atoms with van der Waals surface area (Å²) in [7, 11) is 0. The third kappa shape index (κ3) is 4.88. The second kappa shape index (κ2) is 9.16. The van der Waals surface area contributed by atoms with Crippen LogP contribution in [0.5, 0.6) is 0 Å². The van der Waals surface area contributed by atoms with Crippen molar-refractivity contribution in [2.75, 3.05) is 5.01 Å². The lowest BCUT2D eigenvalue weighted by Gasteiger charge is -2.14. The maximum atomic E-state index is 12.1. The zero-order chi connectivity index (χ0) is 15.7. The summed E-state index contributed by atoms with van der Waals surface area (Å²) in [6.45, 7) is 6.41. The number of unbranched alkanes of at least 4 members (excludes halogenated alkanes) is 2. The van der Waals surface area contributed by atoms with Gasteiger partial charge in [0.1, 0.15) is 5.92 Å². The molecule has 4 heteroatoms. The van der Waals surface area contributed by atoms with Crippen molar-refractivity contribution in [3.05, 3.63) is 30.3 Å². The van der Waals surface area contributed by atoms with Crippen molar-refractivity contribution >= 4 is 17.5 Å². The first-order valence-electron chi connectivity index (χ1n) is 7.85. The number of hydrogen-bond donors (Lipinski definition) is 1. The molecule has 0 radical (unpaired) electrons. The predicted molar refractivity (Wildman–Crippen MR) is 85.7 cm³/mol. The first-order valence-corrected chi connectivity index (χ1v) is 7.85. The molecule has 2 amide bonds. The van der Waals surface area contributed by atoms with Crippen molar-refractivity contribution in [3.8, 4) is 0 Å². The van der Waals surface area contributed by atoms with E-state index in [-0.39, 0.29) is 11.8 Å². The Labute approximate surface area is 127 Å². The molecular weight excluding hydrogens is 264 g/mol. The van der Waals surface area contributed by atoms with Gasteiger partial charge in [0.15, 0.2) is 0 Å². The van der Waals surface area contributed by atoms with Crippen LogP contribution in [0.2, 0.25) is 0 Å². The summed E-state index contributed by atoms with van der Waals surface area (Å²) in [5.41, 5.74) is 3.34. The van der Waals surface area contributed by atoms with Gasteiger partial charge in [-0.15, -0.1) is 0 Å². The van der Waals surface area contributed by atoms with Crippen LogP contribution in [0.3, 0.4) is 0 Å². The molecule has 1 aliphatic rings. The highest BCUT2D eigenvalue weighted by Gasteiger charge is 2.39. The number of carbonyl (C=O) groups excluding carboxylic acids is 2. The Morgan fingerprint density at radius 3 is 2.14 bits per heavy atom. The molecule has 1 aromatic rings. The minimum atomic E-state index is -0.518. The van der Waals surface area contributed by atoms with Crippen LogP contribution in [0.25, 0.3) is 0 Å². The van der Waals surface area contributed by atoms with Gasteiger partial charge in [-0.05, 0) is 18.6 Å². The van der Waals surface area contributed by atoms with Gasteiger partial charge in [0, 0.05) is 0 Å². The van der Waals surface area contributed by atoms with Crippen LogP contribution >= 0.6 is 0 Å². The molecule has 1 heterocycles. The van der Waals surface area contributed by atoms with Crippen molar-refractivity contribution in [3.63, 3.8) is 0 Å². The minimum Gasteiger partial charge on any atom is -0.272 e. The van der Waals surface area contributed by atoms with Gasteiger partial charge in [-0.1, -0.05) is 64.7 Å². The first kappa shape index (κ1) is 17.2. The number of nitrogens with one attached hydrogen (secondary N) is 1. The van der Waals surface area contributed by atoms with E-state index in [0.717, 1.165) is 12.8 Å². The largest absolute Gasteiger partial charge is 0.272 e. The van der Waals surface area contributed by atoms with Crippen LogP contribution in [-0.2, 0) is 9.59 Å². The number of benzene rings is 1. The second-order valence-corrected chi connectivity index (χ2v) is 5.18. The number of anilines is 1. The van der Waals surface area contributed by atoms with Gasteiger partial charge >= 0.3 is 0 Å². The lowest BCUT2D eigenvalue weighted by atomic mass is 10.0. The highest BCUT2D eigenvalue weighted by atomic mass is 16.2. The summed E-state index contributed by atoms with van der Waals surface area (Å²) in [4.78, 5) is 23.8. The van der Waals surface area contributed by atoms with Gasteiger partial charge in [0.05, 0.1) is 5.69 Å². The van der Waals surface area contributed by atoms with E-state index in [9.17, 15) is 9.59 Å². The summed E-state index contributed by atoms with van der Waals surface area (Å²) in [5.74, 6) is -0.850. The lowest BCUT2D eigenvalue weighted by Crippen LogP contribution is -2.35. The predicted octanol–water partition coefficient (Wildman–Crippen LogP) is 3.68. The molecule has 0 aromatic heterocycles. The summed E-state index contributed by atoms with van der Waals surface area (Å²) < 4.78 is 0. The Balaban J connectivity index is 0.000000491. The van der Waals surface area contributed by atoms with Crippen LogP contribution < -0.4 is 10.4 Å².